The maximum atomic E-state index is 12.1. The second-order valence-corrected chi connectivity index (χ2v) is 14.5. The smallest absolute Gasteiger partial charge is 0.410 e. The monoisotopic (exact) mass is 702 g/mol. The van der Waals surface area contributed by atoms with Crippen LogP contribution in [0.25, 0.3) is 21.0 Å². The number of carbonyl (C=O) groups excluding carboxylic acids is 1. The van der Waals surface area contributed by atoms with Gasteiger partial charge in [-0.25, -0.2) is 9.78 Å². The molecule has 1 aliphatic heterocycles. The van der Waals surface area contributed by atoms with E-state index in [1.54, 1.807) is 6.07 Å². The Morgan fingerprint density at radius 3 is 2.32 bits per heavy atom. The molecule has 1 aliphatic rings. The number of thiophene rings is 1. The van der Waals surface area contributed by atoms with Crippen molar-refractivity contribution in [2.45, 2.75) is 96.8 Å². The molecule has 2 aromatic heterocycles. The van der Waals surface area contributed by atoms with Crippen molar-refractivity contribution in [1.82, 2.24) is 15.2 Å². The van der Waals surface area contributed by atoms with E-state index in [1.807, 2.05) is 35.6 Å². The van der Waals surface area contributed by atoms with Crippen molar-refractivity contribution >= 4 is 44.1 Å². The number of ether oxygens (including phenoxy) is 3. The molecule has 4 aromatic rings. The van der Waals surface area contributed by atoms with Gasteiger partial charge < -0.3 is 24.4 Å². The number of rotatable bonds is 23. The minimum absolute atomic E-state index is 0.182. The lowest BCUT2D eigenvalue weighted by Crippen LogP contribution is -2.46. The van der Waals surface area contributed by atoms with Crippen LogP contribution in [0.4, 0.5) is 10.5 Å². The number of hydrogen-bond acceptors (Lipinski definition) is 8. The van der Waals surface area contributed by atoms with Gasteiger partial charge in [0.1, 0.15) is 5.75 Å². The molecule has 0 radical (unpaired) electrons. The summed E-state index contributed by atoms with van der Waals surface area (Å²) in [4.78, 5) is 21.8. The second kappa shape index (κ2) is 21.6. The summed E-state index contributed by atoms with van der Waals surface area (Å²) in [6.07, 6.45) is 17.2. The molecule has 1 N–H and O–H groups in total. The predicted molar refractivity (Wildman–Crippen MR) is 208 cm³/mol. The number of nitrogens with zero attached hydrogens (tertiary/aromatic N) is 3. The maximum Gasteiger partial charge on any atom is 0.410 e. The minimum Gasteiger partial charge on any atom is -0.494 e. The summed E-state index contributed by atoms with van der Waals surface area (Å²) in [6.45, 7) is 8.80. The number of piperazine rings is 1. The zero-order valence-corrected chi connectivity index (χ0v) is 31.0. The Balaban J connectivity index is 0.891. The summed E-state index contributed by atoms with van der Waals surface area (Å²) in [7, 11) is 0. The molecular formula is C41H58N4O4S. The fourth-order valence-corrected chi connectivity index (χ4v) is 7.50. The van der Waals surface area contributed by atoms with Gasteiger partial charge in [-0.2, -0.15) is 0 Å². The lowest BCUT2D eigenvalue weighted by molar-refractivity contribution is 0.0570. The number of aromatic nitrogens is 1. The van der Waals surface area contributed by atoms with Gasteiger partial charge in [-0.3, -0.25) is 4.90 Å². The lowest BCUT2D eigenvalue weighted by Gasteiger charge is -2.36. The van der Waals surface area contributed by atoms with Gasteiger partial charge in [0.25, 0.3) is 0 Å². The van der Waals surface area contributed by atoms with Crippen molar-refractivity contribution in [3.8, 4) is 11.6 Å². The third kappa shape index (κ3) is 12.6. The SMILES string of the molecule is CCCCCCCCCCCCCCNC(=O)OCOc1ccc2ccc(OCCCCN3CCN(c4cccc5sccc45)CC3)cc2n1. The third-order valence-electron chi connectivity index (χ3n) is 9.66. The Morgan fingerprint density at radius 2 is 1.54 bits per heavy atom. The van der Waals surface area contributed by atoms with E-state index in [4.69, 9.17) is 14.2 Å². The summed E-state index contributed by atoms with van der Waals surface area (Å²) in [5, 5.41) is 7.39. The number of amides is 1. The van der Waals surface area contributed by atoms with Crippen LogP contribution in [-0.4, -0.2) is 68.6 Å². The number of benzene rings is 2. The normalized spacial score (nSPS) is 13.6. The fraction of sp³-hybridized carbons (Fsp3) is 0.561. The number of nitrogens with one attached hydrogen (secondary N) is 1. The first-order chi connectivity index (χ1) is 24.7. The van der Waals surface area contributed by atoms with Crippen molar-refractivity contribution in [1.29, 1.82) is 0 Å². The van der Waals surface area contributed by atoms with Gasteiger partial charge in [0, 0.05) is 66.0 Å². The summed E-state index contributed by atoms with van der Waals surface area (Å²) in [5.74, 6) is 1.21. The van der Waals surface area contributed by atoms with Crippen LogP contribution in [0, 0.1) is 0 Å². The van der Waals surface area contributed by atoms with Gasteiger partial charge in [0.05, 0.1) is 12.1 Å². The molecule has 2 aromatic carbocycles. The maximum absolute atomic E-state index is 12.1. The van der Waals surface area contributed by atoms with Crippen LogP contribution < -0.4 is 19.7 Å². The van der Waals surface area contributed by atoms with E-state index in [2.05, 4.69) is 56.7 Å². The Bertz CT molecular complexity index is 1550. The number of anilines is 1. The van der Waals surface area contributed by atoms with Crippen molar-refractivity contribution < 1.29 is 19.0 Å². The molecule has 9 heteroatoms. The highest BCUT2D eigenvalue weighted by molar-refractivity contribution is 7.17. The fourth-order valence-electron chi connectivity index (χ4n) is 6.69. The van der Waals surface area contributed by atoms with Gasteiger partial charge in [-0.15, -0.1) is 11.3 Å². The molecular weight excluding hydrogens is 645 g/mol. The van der Waals surface area contributed by atoms with Crippen molar-refractivity contribution in [3.63, 3.8) is 0 Å². The molecule has 1 saturated heterocycles. The van der Waals surface area contributed by atoms with Crippen molar-refractivity contribution in [2.24, 2.45) is 0 Å². The molecule has 272 valence electrons. The second-order valence-electron chi connectivity index (χ2n) is 13.5. The summed E-state index contributed by atoms with van der Waals surface area (Å²) < 4.78 is 18.3. The topological polar surface area (TPSA) is 76.2 Å². The van der Waals surface area contributed by atoms with E-state index < -0.39 is 6.09 Å². The quantitative estimate of drug-likeness (QED) is 0.0609. The van der Waals surface area contributed by atoms with Crippen LogP contribution >= 0.6 is 11.3 Å². The Labute approximate surface area is 303 Å². The van der Waals surface area contributed by atoms with Gasteiger partial charge >= 0.3 is 6.09 Å². The van der Waals surface area contributed by atoms with Crippen molar-refractivity contribution in [3.05, 3.63) is 60.0 Å². The third-order valence-corrected chi connectivity index (χ3v) is 10.5. The number of alkyl carbamates (subject to hydrolysis) is 1. The molecule has 50 heavy (non-hydrogen) atoms. The van der Waals surface area contributed by atoms with Gasteiger partial charge in [0.2, 0.25) is 12.7 Å². The molecule has 0 unspecified atom stereocenters. The Hall–Kier alpha value is -3.56. The Kier molecular flexibility index (Phi) is 16.3. The van der Waals surface area contributed by atoms with E-state index in [0.29, 0.717) is 19.0 Å². The summed E-state index contributed by atoms with van der Waals surface area (Å²) >= 11 is 1.82. The molecule has 1 fully saturated rings. The van der Waals surface area contributed by atoms with Crippen LogP contribution in [-0.2, 0) is 4.74 Å². The summed E-state index contributed by atoms with van der Waals surface area (Å²) in [6, 6.07) is 18.6. The van der Waals surface area contributed by atoms with Crippen LogP contribution in [0.15, 0.2) is 60.0 Å². The lowest BCUT2D eigenvalue weighted by atomic mass is 10.1. The van der Waals surface area contributed by atoms with Crippen molar-refractivity contribution in [2.75, 3.05) is 57.6 Å². The van der Waals surface area contributed by atoms with Gasteiger partial charge in [0.15, 0.2) is 0 Å². The highest BCUT2D eigenvalue weighted by Gasteiger charge is 2.18. The average Bonchev–Trinajstić information content (AvgIpc) is 3.63. The molecule has 8 nitrogen and oxygen atoms in total. The molecule has 0 saturated carbocycles. The number of pyridine rings is 1. The number of fused-ring (bicyclic) bond motifs is 2. The zero-order chi connectivity index (χ0) is 34.6. The number of hydrogen-bond donors (Lipinski definition) is 1. The predicted octanol–water partition coefficient (Wildman–Crippen LogP) is 10.2. The minimum atomic E-state index is -0.459. The van der Waals surface area contributed by atoms with E-state index >= 15 is 0 Å². The van der Waals surface area contributed by atoms with E-state index in [-0.39, 0.29) is 6.79 Å². The van der Waals surface area contributed by atoms with Crippen LogP contribution in [0.1, 0.15) is 96.8 Å². The van der Waals surface area contributed by atoms with Crippen LogP contribution in [0.5, 0.6) is 11.6 Å². The highest BCUT2D eigenvalue weighted by atomic mass is 32.1. The number of unbranched alkanes of at least 4 members (excludes halogenated alkanes) is 12. The number of carbonyl (C=O) groups is 1. The standard InChI is InChI=1S/C41H58N4O4S/c1-2-3-4-5-6-7-8-9-10-11-12-13-24-42-41(46)49-33-48-40-22-20-34-19-21-35(32-37(34)43-40)47-30-15-14-25-44-26-28-45(29-27-44)38-17-16-18-39-36(38)23-31-50-39/h16-23,31-32H,2-15,24-30,33H2,1H3,(H,42,46). The Morgan fingerprint density at radius 1 is 0.800 bits per heavy atom. The summed E-state index contributed by atoms with van der Waals surface area (Å²) in [5.41, 5.74) is 2.16. The molecule has 0 spiro atoms. The van der Waals surface area contributed by atoms with E-state index in [1.165, 1.54) is 80.0 Å². The van der Waals surface area contributed by atoms with E-state index in [0.717, 1.165) is 75.1 Å². The first-order valence-corrected chi connectivity index (χ1v) is 20.1. The first kappa shape index (κ1) is 37.7. The molecule has 1 amide bonds. The molecule has 0 bridgehead atoms. The average molecular weight is 703 g/mol. The van der Waals surface area contributed by atoms with Crippen LogP contribution in [0.2, 0.25) is 0 Å². The first-order valence-electron chi connectivity index (χ1n) is 19.2. The highest BCUT2D eigenvalue weighted by Crippen LogP contribution is 2.31. The molecule has 3 heterocycles. The molecule has 5 rings (SSSR count). The van der Waals surface area contributed by atoms with Crippen LogP contribution in [0.3, 0.4) is 0 Å². The molecule has 0 aliphatic carbocycles. The largest absolute Gasteiger partial charge is 0.494 e. The zero-order valence-electron chi connectivity index (χ0n) is 30.2. The molecule has 0 atom stereocenters. The van der Waals surface area contributed by atoms with Gasteiger partial charge in [-0.1, -0.05) is 83.6 Å². The van der Waals surface area contributed by atoms with E-state index in [9.17, 15) is 4.79 Å². The van der Waals surface area contributed by atoms with Gasteiger partial charge in [-0.05, 0) is 67.6 Å².